The van der Waals surface area contributed by atoms with E-state index in [9.17, 15) is 23.4 Å². The number of hydrogen-bond donors (Lipinski definition) is 2. The molecule has 12 nitrogen and oxygen atoms in total. The van der Waals surface area contributed by atoms with Crippen LogP contribution in [-0.4, -0.2) is 60.6 Å². The van der Waals surface area contributed by atoms with Gasteiger partial charge >= 0.3 is 11.8 Å². The fraction of sp³-hybridized carbons (Fsp3) is 0.217. The third-order valence-corrected chi connectivity index (χ3v) is 10.5. The van der Waals surface area contributed by atoms with Crippen molar-refractivity contribution in [2.75, 3.05) is 0 Å². The number of alkyl halides is 4. The van der Waals surface area contributed by atoms with Crippen molar-refractivity contribution in [2.45, 2.75) is 64.3 Å². The fourth-order valence-electron chi connectivity index (χ4n) is 6.88. The van der Waals surface area contributed by atoms with E-state index in [-0.39, 0.29) is 7.43 Å². The SMILES string of the molecule is C.Cc1ccc(-c2ccc(C(F)(F)[C@@](O)(Cn3cnnn3)c3ccc(C)cc3F)nc2)cc1.Cc1ccc(-c2ccc(C(F)(F)[C@](O)(Cn3cnnn3)c3ccc(F)cc3F)nc2)cc1. The predicted molar refractivity (Wildman–Crippen MR) is 224 cm³/mol. The summed E-state index contributed by atoms with van der Waals surface area (Å²) in [6.07, 6.45) is 4.61. The van der Waals surface area contributed by atoms with Crippen LogP contribution in [-0.2, 0) is 36.1 Å². The molecule has 0 bridgehead atoms. The topological polar surface area (TPSA) is 153 Å². The second-order valence-corrected chi connectivity index (χ2v) is 15.1. The summed E-state index contributed by atoms with van der Waals surface area (Å²) in [6, 6.07) is 25.7. The summed E-state index contributed by atoms with van der Waals surface area (Å²) in [4.78, 5) is 7.77. The molecule has 8 aromatic rings. The Morgan fingerprint density at radius 2 is 0.877 bits per heavy atom. The molecule has 0 saturated heterocycles. The van der Waals surface area contributed by atoms with Crippen molar-refractivity contribution in [1.29, 1.82) is 0 Å². The van der Waals surface area contributed by atoms with Gasteiger partial charge < -0.3 is 10.2 Å². The molecule has 8 rings (SSSR count). The predicted octanol–water partition coefficient (Wildman–Crippen LogP) is 8.81. The molecule has 0 aliphatic rings. The summed E-state index contributed by atoms with van der Waals surface area (Å²) in [6.45, 7) is 3.80. The molecule has 2 N–H and O–H groups in total. The lowest BCUT2D eigenvalue weighted by molar-refractivity contribution is -0.207. The van der Waals surface area contributed by atoms with Gasteiger partial charge in [-0.25, -0.2) is 22.5 Å². The highest BCUT2D eigenvalue weighted by Crippen LogP contribution is 2.48. The molecule has 336 valence electrons. The first-order chi connectivity index (χ1) is 30.4. The smallest absolute Gasteiger partial charge is 0.323 e. The van der Waals surface area contributed by atoms with E-state index in [2.05, 4.69) is 41.0 Å². The van der Waals surface area contributed by atoms with Gasteiger partial charge in [-0.1, -0.05) is 91.3 Å². The lowest BCUT2D eigenvalue weighted by atomic mass is 9.84. The van der Waals surface area contributed by atoms with E-state index >= 15 is 17.6 Å². The van der Waals surface area contributed by atoms with Gasteiger partial charge in [0.05, 0.1) is 13.1 Å². The molecule has 0 aliphatic heterocycles. The average Bonchev–Trinajstić information content (AvgIpc) is 3.99. The third kappa shape index (κ3) is 9.65. The van der Waals surface area contributed by atoms with Crippen LogP contribution < -0.4 is 0 Å². The highest BCUT2D eigenvalue weighted by Gasteiger charge is 2.59. The second-order valence-electron chi connectivity index (χ2n) is 15.1. The highest BCUT2D eigenvalue weighted by molar-refractivity contribution is 5.63. The van der Waals surface area contributed by atoms with Crippen LogP contribution in [0.2, 0.25) is 0 Å². The van der Waals surface area contributed by atoms with Crippen LogP contribution in [0.1, 0.15) is 46.6 Å². The largest absolute Gasteiger partial charge is 0.377 e. The maximum absolute atomic E-state index is 15.8. The minimum absolute atomic E-state index is 0. The van der Waals surface area contributed by atoms with Crippen LogP contribution in [0.4, 0.5) is 30.7 Å². The minimum atomic E-state index is -4.09. The Balaban J connectivity index is 0.000000212. The summed E-state index contributed by atoms with van der Waals surface area (Å²) >= 11 is 0. The van der Waals surface area contributed by atoms with Crippen molar-refractivity contribution >= 4 is 0 Å². The highest BCUT2D eigenvalue weighted by atomic mass is 19.3. The van der Waals surface area contributed by atoms with E-state index in [0.717, 1.165) is 80.7 Å². The number of nitrogens with zero attached hydrogens (tertiary/aromatic N) is 10. The lowest BCUT2D eigenvalue weighted by Gasteiger charge is -2.35. The Kier molecular flexibility index (Phi) is 13.7. The monoisotopic (exact) mass is 898 g/mol. The first kappa shape index (κ1) is 47.2. The molecular weight excluding hydrogens is 858 g/mol. The molecule has 4 heterocycles. The van der Waals surface area contributed by atoms with Crippen molar-refractivity contribution in [3.8, 4) is 22.3 Å². The first-order valence-electron chi connectivity index (χ1n) is 19.3. The summed E-state index contributed by atoms with van der Waals surface area (Å²) in [5.74, 6) is -11.3. The molecule has 0 radical (unpaired) electrons. The standard InChI is InChI=1S/C23H20F3N5O.C22H17F4N5O.CH4/c1-15-3-6-17(7-4-15)18-8-10-21(27-12-18)23(25,26)22(32,13-31-14-28-29-30-31)19-9-5-16(2)11-20(19)24;1-14-2-4-15(5-3-14)16-6-9-20(27-11-16)22(25,26)21(32,12-31-13-28-29-30-31)18-8-7-17(23)10-19(18)24;/h3-12,14,32H,13H2,1-2H3;2-11,13,32H,12H2,1H3;1H4/t22-;21-;/m10./s1. The molecule has 0 spiro atoms. The molecule has 0 amide bonds. The molecular formula is C46H41F7N10O2. The summed E-state index contributed by atoms with van der Waals surface area (Å²) in [5, 5.41) is 43.0. The molecule has 19 heteroatoms. The Morgan fingerprint density at radius 1 is 0.492 bits per heavy atom. The van der Waals surface area contributed by atoms with Gasteiger partial charge in [0.25, 0.3) is 0 Å². The van der Waals surface area contributed by atoms with Gasteiger partial charge in [-0.05, 0) is 88.6 Å². The molecule has 0 unspecified atom stereocenters. The van der Waals surface area contributed by atoms with Gasteiger partial charge in [0.15, 0.2) is 11.2 Å². The van der Waals surface area contributed by atoms with Gasteiger partial charge in [0.1, 0.15) is 41.5 Å². The molecule has 0 saturated carbocycles. The quantitative estimate of drug-likeness (QED) is 0.114. The molecule has 2 atom stereocenters. The number of rotatable bonds is 12. The molecule has 0 fully saturated rings. The maximum Gasteiger partial charge on any atom is 0.323 e. The van der Waals surface area contributed by atoms with Crippen molar-refractivity contribution in [3.05, 3.63) is 191 Å². The van der Waals surface area contributed by atoms with Crippen LogP contribution in [0, 0.1) is 38.2 Å². The van der Waals surface area contributed by atoms with E-state index in [1.165, 1.54) is 30.6 Å². The number of aryl methyl sites for hydroxylation is 3. The van der Waals surface area contributed by atoms with E-state index in [1.807, 2.05) is 62.4 Å². The number of halogens is 7. The summed E-state index contributed by atoms with van der Waals surface area (Å²) in [5.41, 5.74) is -3.63. The van der Waals surface area contributed by atoms with E-state index in [4.69, 9.17) is 0 Å². The molecule has 4 aromatic carbocycles. The minimum Gasteiger partial charge on any atom is -0.377 e. The molecule has 0 aliphatic carbocycles. The van der Waals surface area contributed by atoms with Crippen molar-refractivity contribution in [1.82, 2.24) is 50.4 Å². The van der Waals surface area contributed by atoms with Gasteiger partial charge in [-0.3, -0.25) is 9.97 Å². The number of hydrogen-bond acceptors (Lipinski definition) is 10. The summed E-state index contributed by atoms with van der Waals surface area (Å²) in [7, 11) is 0. The van der Waals surface area contributed by atoms with Gasteiger partial charge in [0, 0.05) is 40.7 Å². The number of tetrazole rings is 2. The lowest BCUT2D eigenvalue weighted by Crippen LogP contribution is -2.48. The van der Waals surface area contributed by atoms with E-state index in [0.29, 0.717) is 22.8 Å². The zero-order valence-electron chi connectivity index (χ0n) is 34.1. The summed E-state index contributed by atoms with van der Waals surface area (Å²) < 4.78 is 107. The van der Waals surface area contributed by atoms with Gasteiger partial charge in [0.2, 0.25) is 0 Å². The first-order valence-corrected chi connectivity index (χ1v) is 19.3. The molecule has 65 heavy (non-hydrogen) atoms. The Morgan fingerprint density at radius 3 is 1.23 bits per heavy atom. The van der Waals surface area contributed by atoms with Crippen LogP contribution in [0.5, 0.6) is 0 Å². The maximum atomic E-state index is 15.8. The zero-order chi connectivity index (χ0) is 45.9. The fourth-order valence-corrected chi connectivity index (χ4v) is 6.88. The van der Waals surface area contributed by atoms with Crippen molar-refractivity contribution in [3.63, 3.8) is 0 Å². The van der Waals surface area contributed by atoms with Crippen LogP contribution >= 0.6 is 0 Å². The van der Waals surface area contributed by atoms with Gasteiger partial charge in [-0.2, -0.15) is 17.6 Å². The van der Waals surface area contributed by atoms with E-state index in [1.54, 1.807) is 6.92 Å². The number of pyridine rings is 2. The Bertz CT molecular complexity index is 2620. The average molecular weight is 899 g/mol. The van der Waals surface area contributed by atoms with Crippen LogP contribution in [0.3, 0.4) is 0 Å². The number of benzene rings is 4. The second kappa shape index (κ2) is 18.8. The van der Waals surface area contributed by atoms with Crippen molar-refractivity contribution in [2.24, 2.45) is 0 Å². The molecule has 4 aromatic heterocycles. The zero-order valence-corrected chi connectivity index (χ0v) is 34.1. The Hall–Kier alpha value is -7.25. The van der Waals surface area contributed by atoms with Crippen LogP contribution in [0.25, 0.3) is 22.3 Å². The van der Waals surface area contributed by atoms with Gasteiger partial charge in [-0.15, -0.1) is 10.2 Å². The van der Waals surface area contributed by atoms with Crippen molar-refractivity contribution < 1.29 is 40.9 Å². The third-order valence-electron chi connectivity index (χ3n) is 10.5. The Labute approximate surface area is 368 Å². The van der Waals surface area contributed by atoms with Crippen LogP contribution in [0.15, 0.2) is 134 Å². The normalized spacial score (nSPS) is 13.5. The van der Waals surface area contributed by atoms with E-state index < -0.39 is 76.1 Å². The number of aromatic nitrogens is 10. The number of aliphatic hydroxyl groups is 2.